The first kappa shape index (κ1) is 25.6. The molecule has 0 saturated carbocycles. The van der Waals surface area contributed by atoms with Gasteiger partial charge in [-0.25, -0.2) is 9.78 Å². The Balaban J connectivity index is 1.89. The molecule has 10 heteroatoms. The average Bonchev–Trinajstić information content (AvgIpc) is 2.88. The molecule has 9 nitrogen and oxygen atoms in total. The summed E-state index contributed by atoms with van der Waals surface area (Å²) in [7, 11) is 2.66. The molecule has 0 bridgehead atoms. The maximum atomic E-state index is 12.9. The summed E-state index contributed by atoms with van der Waals surface area (Å²) >= 11 is 6.02. The topological polar surface area (TPSA) is 126 Å². The second kappa shape index (κ2) is 11.9. The maximum absolute atomic E-state index is 12.9. The first-order valence-corrected chi connectivity index (χ1v) is 11.1. The number of aromatic nitrogens is 2. The molecule has 1 amide bonds. The van der Waals surface area contributed by atoms with Crippen molar-refractivity contribution in [2.24, 2.45) is 0 Å². The van der Waals surface area contributed by atoms with Gasteiger partial charge in [0.05, 0.1) is 14.2 Å². The highest BCUT2D eigenvalue weighted by Crippen LogP contribution is 2.24. The van der Waals surface area contributed by atoms with Gasteiger partial charge in [-0.15, -0.1) is 0 Å². The van der Waals surface area contributed by atoms with Crippen LogP contribution in [0.1, 0.15) is 34.3 Å². The first-order chi connectivity index (χ1) is 16.8. The Morgan fingerprint density at radius 3 is 2.40 bits per heavy atom. The number of halogens is 1. The monoisotopic (exact) mass is 495 g/mol. The molecule has 2 unspecified atom stereocenters. The molecule has 0 aliphatic rings. The van der Waals surface area contributed by atoms with Crippen LogP contribution in [-0.2, 0) is 9.53 Å². The largest absolute Gasteiger partial charge is 0.467 e. The normalized spacial score (nSPS) is 12.2. The van der Waals surface area contributed by atoms with Crippen LogP contribution in [0.4, 0.5) is 5.82 Å². The van der Waals surface area contributed by atoms with Crippen molar-refractivity contribution in [2.75, 3.05) is 26.1 Å². The number of benzene rings is 2. The highest BCUT2D eigenvalue weighted by Gasteiger charge is 2.23. The SMILES string of the molecule is COC(=O)C(C)NC(=O)c1cnc(OC)nc1NCC(C(=N)c1ccc(Cl)cc1)c1ccccc1. The van der Waals surface area contributed by atoms with Crippen molar-refractivity contribution < 1.29 is 19.1 Å². The lowest BCUT2D eigenvalue weighted by atomic mass is 9.90. The van der Waals surface area contributed by atoms with Crippen LogP contribution in [0.3, 0.4) is 0 Å². The summed E-state index contributed by atoms with van der Waals surface area (Å²) in [6.45, 7) is 1.76. The second-order valence-electron chi connectivity index (χ2n) is 7.60. The number of anilines is 1. The molecule has 3 N–H and O–H groups in total. The molecule has 0 aliphatic heterocycles. The van der Waals surface area contributed by atoms with E-state index in [9.17, 15) is 9.59 Å². The Morgan fingerprint density at radius 2 is 1.77 bits per heavy atom. The number of rotatable bonds is 10. The van der Waals surface area contributed by atoms with Gasteiger partial charge in [0.1, 0.15) is 17.4 Å². The second-order valence-corrected chi connectivity index (χ2v) is 8.04. The molecule has 3 rings (SSSR count). The van der Waals surface area contributed by atoms with E-state index in [4.69, 9.17) is 21.7 Å². The predicted octanol–water partition coefficient (Wildman–Crippen LogP) is 3.69. The van der Waals surface area contributed by atoms with Crippen molar-refractivity contribution in [3.63, 3.8) is 0 Å². The highest BCUT2D eigenvalue weighted by atomic mass is 35.5. The molecule has 2 aromatic carbocycles. The van der Waals surface area contributed by atoms with Crippen LogP contribution in [0.15, 0.2) is 60.8 Å². The molecule has 3 aromatic rings. The van der Waals surface area contributed by atoms with Gasteiger partial charge in [0.2, 0.25) is 0 Å². The summed E-state index contributed by atoms with van der Waals surface area (Å²) in [5, 5.41) is 15.2. The van der Waals surface area contributed by atoms with Gasteiger partial charge in [-0.3, -0.25) is 4.79 Å². The zero-order valence-electron chi connectivity index (χ0n) is 19.5. The number of esters is 1. The molecule has 35 heavy (non-hydrogen) atoms. The van der Waals surface area contributed by atoms with Crippen molar-refractivity contribution in [2.45, 2.75) is 18.9 Å². The van der Waals surface area contributed by atoms with Crippen LogP contribution >= 0.6 is 11.6 Å². The Morgan fingerprint density at radius 1 is 1.09 bits per heavy atom. The quantitative estimate of drug-likeness (QED) is 0.289. The van der Waals surface area contributed by atoms with E-state index in [2.05, 4.69) is 25.3 Å². The van der Waals surface area contributed by atoms with E-state index in [0.29, 0.717) is 10.7 Å². The van der Waals surface area contributed by atoms with Crippen LogP contribution in [0.2, 0.25) is 5.02 Å². The Labute approximate surface area is 208 Å². The van der Waals surface area contributed by atoms with E-state index in [1.54, 1.807) is 24.3 Å². The Hall–Kier alpha value is -3.98. The summed E-state index contributed by atoms with van der Waals surface area (Å²) in [5.74, 6) is -1.31. The summed E-state index contributed by atoms with van der Waals surface area (Å²) < 4.78 is 9.79. The molecule has 1 heterocycles. The lowest BCUT2D eigenvalue weighted by Crippen LogP contribution is -2.39. The summed E-state index contributed by atoms with van der Waals surface area (Å²) in [6.07, 6.45) is 1.32. The summed E-state index contributed by atoms with van der Waals surface area (Å²) in [5.41, 5.74) is 2.11. The number of nitrogens with zero attached hydrogens (tertiary/aromatic N) is 2. The van der Waals surface area contributed by atoms with Gasteiger partial charge < -0.3 is 25.5 Å². The van der Waals surface area contributed by atoms with Gasteiger partial charge in [0.15, 0.2) is 0 Å². The summed E-state index contributed by atoms with van der Waals surface area (Å²) in [6, 6.07) is 15.8. The van der Waals surface area contributed by atoms with Crippen LogP contribution in [0.25, 0.3) is 0 Å². The van der Waals surface area contributed by atoms with Crippen LogP contribution in [0.5, 0.6) is 6.01 Å². The van der Waals surface area contributed by atoms with Gasteiger partial charge >= 0.3 is 12.0 Å². The first-order valence-electron chi connectivity index (χ1n) is 10.8. The van der Waals surface area contributed by atoms with Crippen molar-refractivity contribution in [1.82, 2.24) is 15.3 Å². The number of nitrogens with one attached hydrogen (secondary N) is 3. The van der Waals surface area contributed by atoms with Gasteiger partial charge in [-0.2, -0.15) is 4.98 Å². The lowest BCUT2D eigenvalue weighted by Gasteiger charge is -2.21. The van der Waals surface area contributed by atoms with E-state index in [-0.39, 0.29) is 29.9 Å². The minimum Gasteiger partial charge on any atom is -0.467 e. The molecule has 0 aliphatic carbocycles. The molecule has 2 atom stereocenters. The zero-order valence-corrected chi connectivity index (χ0v) is 20.3. The fraction of sp³-hybridized carbons (Fsp3) is 0.240. The van der Waals surface area contributed by atoms with Gasteiger partial charge in [-0.05, 0) is 30.2 Å². The van der Waals surface area contributed by atoms with Crippen molar-refractivity contribution in [1.29, 1.82) is 5.41 Å². The number of amides is 1. The molecule has 0 radical (unpaired) electrons. The molecule has 0 fully saturated rings. The van der Waals surface area contributed by atoms with Crippen molar-refractivity contribution >= 4 is 35.0 Å². The third-order valence-electron chi connectivity index (χ3n) is 5.28. The molecule has 0 saturated heterocycles. The molecule has 1 aromatic heterocycles. The van der Waals surface area contributed by atoms with Crippen LogP contribution < -0.4 is 15.4 Å². The van der Waals surface area contributed by atoms with Crippen molar-refractivity contribution in [3.8, 4) is 6.01 Å². The smallest absolute Gasteiger partial charge is 0.328 e. The lowest BCUT2D eigenvalue weighted by molar-refractivity contribution is -0.142. The number of methoxy groups -OCH3 is 2. The zero-order chi connectivity index (χ0) is 25.4. The van der Waals surface area contributed by atoms with Crippen LogP contribution in [-0.4, -0.2) is 54.4 Å². The highest BCUT2D eigenvalue weighted by molar-refractivity contribution is 6.30. The fourth-order valence-electron chi connectivity index (χ4n) is 3.38. The van der Waals surface area contributed by atoms with E-state index in [1.807, 2.05) is 30.3 Å². The number of hydrogen-bond donors (Lipinski definition) is 3. The van der Waals surface area contributed by atoms with Crippen LogP contribution in [0, 0.1) is 5.41 Å². The third kappa shape index (κ3) is 6.54. The Bertz CT molecular complexity index is 1190. The van der Waals surface area contributed by atoms with Gasteiger partial charge in [0.25, 0.3) is 5.91 Å². The number of ether oxygens (including phenoxy) is 2. The third-order valence-corrected chi connectivity index (χ3v) is 5.53. The standard InChI is InChI=1S/C25H26ClN5O4/c1-15(24(33)34-2)30-23(32)20-14-29-25(35-3)31-22(20)28-13-19(16-7-5-4-6-8-16)21(27)17-9-11-18(26)12-10-17/h4-12,14-15,19,27H,13H2,1-3H3,(H,30,32)(H,28,29,31). The number of hydrogen-bond acceptors (Lipinski definition) is 8. The summed E-state index contributed by atoms with van der Waals surface area (Å²) in [4.78, 5) is 32.9. The maximum Gasteiger partial charge on any atom is 0.328 e. The minimum absolute atomic E-state index is 0.0640. The predicted molar refractivity (Wildman–Crippen MR) is 133 cm³/mol. The number of carbonyl (C=O) groups excluding carboxylic acids is 2. The number of carbonyl (C=O) groups is 2. The van der Waals surface area contributed by atoms with Gasteiger partial charge in [-0.1, -0.05) is 54.1 Å². The molecular weight excluding hydrogens is 470 g/mol. The van der Waals surface area contributed by atoms with Crippen molar-refractivity contribution in [3.05, 3.63) is 82.5 Å². The minimum atomic E-state index is -0.863. The van der Waals surface area contributed by atoms with E-state index in [1.165, 1.54) is 27.3 Å². The Kier molecular flexibility index (Phi) is 8.74. The van der Waals surface area contributed by atoms with E-state index in [0.717, 1.165) is 11.1 Å². The van der Waals surface area contributed by atoms with E-state index >= 15 is 0 Å². The molecule has 0 spiro atoms. The van der Waals surface area contributed by atoms with Gasteiger partial charge in [0, 0.05) is 29.4 Å². The average molecular weight is 496 g/mol. The fourth-order valence-corrected chi connectivity index (χ4v) is 3.50. The van der Waals surface area contributed by atoms with E-state index < -0.39 is 17.9 Å². The molecular formula is C25H26ClN5O4. The molecule has 182 valence electrons.